The second-order valence-electron chi connectivity index (χ2n) is 4.55. The second-order valence-corrected chi connectivity index (χ2v) is 6.99. The molecule has 2 rings (SSSR count). The topological polar surface area (TPSA) is 97.1 Å². The van der Waals surface area contributed by atoms with Crippen LogP contribution < -0.4 is 16.0 Å². The highest BCUT2D eigenvalue weighted by molar-refractivity contribution is 9.10. The van der Waals surface area contributed by atoms with Crippen molar-refractivity contribution in [2.75, 3.05) is 10.1 Å². The van der Waals surface area contributed by atoms with E-state index in [1.165, 1.54) is 18.5 Å². The number of pyridine rings is 1. The Kier molecular flexibility index (Phi) is 4.50. The Bertz CT molecular complexity index is 754. The van der Waals surface area contributed by atoms with Crippen LogP contribution in [0.4, 0.5) is 11.4 Å². The van der Waals surface area contributed by atoms with Crippen molar-refractivity contribution in [2.24, 2.45) is 5.84 Å². The summed E-state index contributed by atoms with van der Waals surface area (Å²) in [5.41, 5.74) is 5.00. The molecule has 0 fully saturated rings. The molecule has 1 heterocycles. The van der Waals surface area contributed by atoms with Crippen LogP contribution >= 0.6 is 15.9 Å². The van der Waals surface area contributed by atoms with Crippen LogP contribution in [0.15, 0.2) is 40.0 Å². The number of benzene rings is 1. The summed E-state index contributed by atoms with van der Waals surface area (Å²) in [7, 11) is -3.77. The van der Waals surface area contributed by atoms with Gasteiger partial charge in [-0.05, 0) is 43.2 Å². The number of hydrazine groups is 1. The first-order chi connectivity index (χ1) is 9.85. The van der Waals surface area contributed by atoms with Gasteiger partial charge in [-0.1, -0.05) is 15.9 Å². The van der Waals surface area contributed by atoms with Crippen molar-refractivity contribution in [3.63, 3.8) is 0 Å². The van der Waals surface area contributed by atoms with E-state index in [1.54, 1.807) is 12.1 Å². The van der Waals surface area contributed by atoms with E-state index in [0.717, 1.165) is 15.6 Å². The van der Waals surface area contributed by atoms with E-state index in [9.17, 15) is 8.42 Å². The van der Waals surface area contributed by atoms with Gasteiger partial charge < -0.3 is 5.43 Å². The summed E-state index contributed by atoms with van der Waals surface area (Å²) in [5, 5.41) is 0. The van der Waals surface area contributed by atoms with Crippen molar-refractivity contribution in [2.45, 2.75) is 18.7 Å². The molecule has 0 spiro atoms. The third-order valence-corrected chi connectivity index (χ3v) is 5.58. The average molecular weight is 371 g/mol. The highest BCUT2D eigenvalue weighted by atomic mass is 79.9. The fourth-order valence-electron chi connectivity index (χ4n) is 1.93. The van der Waals surface area contributed by atoms with Gasteiger partial charge in [-0.3, -0.25) is 15.5 Å². The monoisotopic (exact) mass is 370 g/mol. The Morgan fingerprint density at radius 2 is 1.86 bits per heavy atom. The number of rotatable bonds is 4. The maximum atomic E-state index is 12.4. The molecular formula is C13H15BrN4O2S. The molecule has 0 bridgehead atoms. The van der Waals surface area contributed by atoms with E-state index in [1.807, 2.05) is 13.8 Å². The molecule has 2 aromatic rings. The van der Waals surface area contributed by atoms with Gasteiger partial charge in [0.25, 0.3) is 10.0 Å². The summed E-state index contributed by atoms with van der Waals surface area (Å²) < 4.78 is 28.3. The largest absolute Gasteiger partial charge is 0.323 e. The van der Waals surface area contributed by atoms with Crippen LogP contribution in [0, 0.1) is 13.8 Å². The van der Waals surface area contributed by atoms with Crippen molar-refractivity contribution < 1.29 is 8.42 Å². The van der Waals surface area contributed by atoms with Crippen LogP contribution in [0.5, 0.6) is 0 Å². The van der Waals surface area contributed by atoms with E-state index in [4.69, 9.17) is 5.84 Å². The van der Waals surface area contributed by atoms with Crippen LogP contribution in [0.2, 0.25) is 0 Å². The number of nitrogens with one attached hydrogen (secondary N) is 2. The molecule has 0 amide bonds. The minimum atomic E-state index is -3.77. The van der Waals surface area contributed by atoms with Crippen molar-refractivity contribution in [3.05, 3.63) is 46.2 Å². The fraction of sp³-hybridized carbons (Fsp3) is 0.154. The lowest BCUT2D eigenvalue weighted by Crippen LogP contribution is -2.18. The van der Waals surface area contributed by atoms with Crippen molar-refractivity contribution in [1.82, 2.24) is 4.98 Å². The fourth-order valence-corrected chi connectivity index (χ4v) is 3.31. The molecule has 0 atom stereocenters. The van der Waals surface area contributed by atoms with Crippen LogP contribution in [0.25, 0.3) is 0 Å². The number of halogens is 1. The maximum Gasteiger partial charge on any atom is 0.265 e. The van der Waals surface area contributed by atoms with Gasteiger partial charge in [0.2, 0.25) is 0 Å². The van der Waals surface area contributed by atoms with Gasteiger partial charge in [-0.15, -0.1) is 0 Å². The predicted molar refractivity (Wildman–Crippen MR) is 86.5 cm³/mol. The van der Waals surface area contributed by atoms with Gasteiger partial charge in [0, 0.05) is 22.6 Å². The number of sulfonamides is 1. The van der Waals surface area contributed by atoms with Gasteiger partial charge in [0.05, 0.1) is 5.69 Å². The number of nitrogens with two attached hydrogens (primary N) is 1. The maximum absolute atomic E-state index is 12.4. The van der Waals surface area contributed by atoms with Crippen LogP contribution in [-0.2, 0) is 10.0 Å². The number of anilines is 2. The molecule has 1 aromatic heterocycles. The lowest BCUT2D eigenvalue weighted by atomic mass is 10.1. The molecule has 0 aliphatic heterocycles. The highest BCUT2D eigenvalue weighted by Gasteiger charge is 2.19. The van der Waals surface area contributed by atoms with Gasteiger partial charge >= 0.3 is 0 Å². The Balaban J connectivity index is 2.42. The van der Waals surface area contributed by atoms with Gasteiger partial charge in [0.15, 0.2) is 0 Å². The van der Waals surface area contributed by atoms with Crippen molar-refractivity contribution >= 4 is 37.3 Å². The third kappa shape index (κ3) is 3.34. The van der Waals surface area contributed by atoms with E-state index >= 15 is 0 Å². The zero-order valence-corrected chi connectivity index (χ0v) is 13.9. The number of hydrogen-bond donors (Lipinski definition) is 3. The summed E-state index contributed by atoms with van der Waals surface area (Å²) in [5.74, 6) is 5.33. The zero-order chi connectivity index (χ0) is 15.6. The molecule has 0 saturated carbocycles. The quantitative estimate of drug-likeness (QED) is 0.567. The number of aryl methyl sites for hydroxylation is 2. The van der Waals surface area contributed by atoms with Crippen molar-refractivity contribution in [1.29, 1.82) is 0 Å². The molecule has 0 aliphatic carbocycles. The highest BCUT2D eigenvalue weighted by Crippen LogP contribution is 2.27. The summed E-state index contributed by atoms with van der Waals surface area (Å²) in [6, 6.07) is 4.99. The molecule has 0 radical (unpaired) electrons. The number of aromatic nitrogens is 1. The Labute approximate surface area is 131 Å². The van der Waals surface area contributed by atoms with Crippen LogP contribution in [-0.4, -0.2) is 13.4 Å². The molecule has 112 valence electrons. The molecular weight excluding hydrogens is 356 g/mol. The average Bonchev–Trinajstić information content (AvgIpc) is 2.44. The standard InChI is InChI=1S/C13H15BrN4O2S/c1-8-5-10(6-9(2)13(8)14)18-21(19,20)12-7-16-4-3-11(12)17-15/h3-7,18H,15H2,1-2H3,(H,16,17). The molecule has 4 N–H and O–H groups in total. The second kappa shape index (κ2) is 6.00. The number of nitrogen functional groups attached to an aromatic ring is 1. The predicted octanol–water partition coefficient (Wildman–Crippen LogP) is 2.55. The summed E-state index contributed by atoms with van der Waals surface area (Å²) >= 11 is 3.45. The minimum Gasteiger partial charge on any atom is -0.323 e. The molecule has 0 unspecified atom stereocenters. The summed E-state index contributed by atoms with van der Waals surface area (Å²) in [4.78, 5) is 3.82. The lowest BCUT2D eigenvalue weighted by Gasteiger charge is -2.13. The molecule has 1 aromatic carbocycles. The first-order valence-electron chi connectivity index (χ1n) is 6.05. The van der Waals surface area contributed by atoms with Crippen LogP contribution in [0.3, 0.4) is 0 Å². The SMILES string of the molecule is Cc1cc(NS(=O)(=O)c2cnccc2NN)cc(C)c1Br. The Morgan fingerprint density at radius 1 is 1.24 bits per heavy atom. The van der Waals surface area contributed by atoms with Gasteiger partial charge in [0.1, 0.15) is 4.90 Å². The Morgan fingerprint density at radius 3 is 2.43 bits per heavy atom. The van der Waals surface area contributed by atoms with E-state index < -0.39 is 10.0 Å². The minimum absolute atomic E-state index is 0.00859. The van der Waals surface area contributed by atoms with E-state index in [2.05, 4.69) is 31.1 Å². The first-order valence-corrected chi connectivity index (χ1v) is 8.33. The molecule has 8 heteroatoms. The molecule has 0 aliphatic rings. The third-order valence-electron chi connectivity index (χ3n) is 2.92. The summed E-state index contributed by atoms with van der Waals surface area (Å²) in [6.45, 7) is 3.79. The van der Waals surface area contributed by atoms with E-state index in [-0.39, 0.29) is 10.6 Å². The normalized spacial score (nSPS) is 11.2. The molecule has 6 nitrogen and oxygen atoms in total. The first kappa shape index (κ1) is 15.7. The van der Waals surface area contributed by atoms with Crippen LogP contribution in [0.1, 0.15) is 11.1 Å². The zero-order valence-electron chi connectivity index (χ0n) is 11.5. The van der Waals surface area contributed by atoms with Crippen molar-refractivity contribution in [3.8, 4) is 0 Å². The van der Waals surface area contributed by atoms with E-state index in [0.29, 0.717) is 5.69 Å². The smallest absolute Gasteiger partial charge is 0.265 e. The van der Waals surface area contributed by atoms with Gasteiger partial charge in [-0.2, -0.15) is 0 Å². The van der Waals surface area contributed by atoms with Gasteiger partial charge in [-0.25, -0.2) is 8.42 Å². The summed E-state index contributed by atoms with van der Waals surface area (Å²) in [6.07, 6.45) is 2.71. The number of nitrogens with zero attached hydrogens (tertiary/aromatic N) is 1. The number of hydrogen-bond acceptors (Lipinski definition) is 5. The molecule has 21 heavy (non-hydrogen) atoms. The Hall–Kier alpha value is -1.64. The lowest BCUT2D eigenvalue weighted by molar-refractivity contribution is 0.601. The molecule has 0 saturated heterocycles.